The second kappa shape index (κ2) is 4.62. The minimum absolute atomic E-state index is 0.561. The fourth-order valence-corrected chi connectivity index (χ4v) is 2.93. The smallest absolute Gasteiger partial charge is 0.0973 e. The van der Waals surface area contributed by atoms with Crippen molar-refractivity contribution in [1.82, 2.24) is 4.90 Å². The lowest BCUT2D eigenvalue weighted by Crippen LogP contribution is -2.34. The number of halogens is 1. The van der Waals surface area contributed by atoms with Gasteiger partial charge in [-0.05, 0) is 36.4 Å². The van der Waals surface area contributed by atoms with E-state index in [1.165, 1.54) is 18.4 Å². The third kappa shape index (κ3) is 2.11. The van der Waals surface area contributed by atoms with Crippen LogP contribution in [0.1, 0.15) is 18.4 Å². The van der Waals surface area contributed by atoms with Gasteiger partial charge in [0.25, 0.3) is 0 Å². The van der Waals surface area contributed by atoms with E-state index < -0.39 is 0 Å². The highest BCUT2D eigenvalue weighted by atomic mass is 35.5. The van der Waals surface area contributed by atoms with E-state index in [-0.39, 0.29) is 0 Å². The Morgan fingerprint density at radius 2 is 2.50 bits per heavy atom. The van der Waals surface area contributed by atoms with Gasteiger partial charge >= 0.3 is 0 Å². The van der Waals surface area contributed by atoms with Crippen molar-refractivity contribution >= 4 is 22.9 Å². The van der Waals surface area contributed by atoms with Gasteiger partial charge in [0, 0.05) is 19.1 Å². The van der Waals surface area contributed by atoms with E-state index in [0.29, 0.717) is 6.04 Å². The molecule has 4 heteroatoms. The van der Waals surface area contributed by atoms with Gasteiger partial charge in [0.2, 0.25) is 0 Å². The van der Waals surface area contributed by atoms with Crippen LogP contribution >= 0.6 is 22.9 Å². The molecule has 1 aliphatic heterocycles. The van der Waals surface area contributed by atoms with Gasteiger partial charge in [-0.3, -0.25) is 4.90 Å². The maximum Gasteiger partial charge on any atom is 0.0973 e. The van der Waals surface area contributed by atoms with Gasteiger partial charge in [0.05, 0.1) is 4.34 Å². The fourth-order valence-electron chi connectivity index (χ4n) is 2.02. The molecule has 0 spiro atoms. The number of nitrogens with zero attached hydrogens (tertiary/aromatic N) is 1. The standard InChI is InChI=1S/C10H15ClN2S/c11-10-8(3-5-14-10)7-13-4-1-2-9(13)6-12/h3,5,9H,1-2,4,6-7,12H2. The van der Waals surface area contributed by atoms with Crippen molar-refractivity contribution in [3.63, 3.8) is 0 Å². The summed E-state index contributed by atoms with van der Waals surface area (Å²) in [5.74, 6) is 0. The van der Waals surface area contributed by atoms with Crippen LogP contribution in [0.15, 0.2) is 11.4 Å². The zero-order chi connectivity index (χ0) is 9.97. The summed E-state index contributed by atoms with van der Waals surface area (Å²) in [5, 5.41) is 2.05. The summed E-state index contributed by atoms with van der Waals surface area (Å²) in [4.78, 5) is 2.44. The normalized spacial score (nSPS) is 23.1. The number of likely N-dealkylation sites (tertiary alicyclic amines) is 1. The molecular weight excluding hydrogens is 216 g/mol. The summed E-state index contributed by atoms with van der Waals surface area (Å²) in [7, 11) is 0. The highest BCUT2D eigenvalue weighted by molar-refractivity contribution is 7.14. The van der Waals surface area contributed by atoms with Crippen LogP contribution in [0.5, 0.6) is 0 Å². The monoisotopic (exact) mass is 230 g/mol. The Balaban J connectivity index is 2.00. The molecule has 2 nitrogen and oxygen atoms in total. The Kier molecular flexibility index (Phi) is 3.44. The minimum Gasteiger partial charge on any atom is -0.329 e. The Morgan fingerprint density at radius 1 is 1.64 bits per heavy atom. The second-order valence-corrected chi connectivity index (χ2v) is 5.24. The van der Waals surface area contributed by atoms with Crippen molar-refractivity contribution in [2.75, 3.05) is 13.1 Å². The van der Waals surface area contributed by atoms with Crippen LogP contribution in [0.2, 0.25) is 4.34 Å². The van der Waals surface area contributed by atoms with Crippen molar-refractivity contribution < 1.29 is 0 Å². The first kappa shape index (κ1) is 10.4. The Bertz CT molecular complexity index is 300. The Morgan fingerprint density at radius 3 is 3.14 bits per heavy atom. The summed E-state index contributed by atoms with van der Waals surface area (Å²) in [6, 6.07) is 2.67. The van der Waals surface area contributed by atoms with Crippen LogP contribution in [-0.2, 0) is 6.54 Å². The molecule has 1 unspecified atom stereocenters. The molecule has 2 heterocycles. The molecule has 78 valence electrons. The van der Waals surface area contributed by atoms with Crippen LogP contribution in [0, 0.1) is 0 Å². The number of rotatable bonds is 3. The summed E-state index contributed by atoms with van der Waals surface area (Å²) in [6.45, 7) is 2.89. The van der Waals surface area contributed by atoms with Gasteiger partial charge in [-0.25, -0.2) is 0 Å². The van der Waals surface area contributed by atoms with Crippen molar-refractivity contribution in [2.24, 2.45) is 5.73 Å². The molecule has 0 radical (unpaired) electrons. The molecule has 14 heavy (non-hydrogen) atoms. The van der Waals surface area contributed by atoms with Crippen molar-refractivity contribution in [1.29, 1.82) is 0 Å². The van der Waals surface area contributed by atoms with E-state index in [9.17, 15) is 0 Å². The summed E-state index contributed by atoms with van der Waals surface area (Å²) < 4.78 is 0.924. The van der Waals surface area contributed by atoms with Crippen LogP contribution in [0.3, 0.4) is 0 Å². The van der Waals surface area contributed by atoms with Gasteiger partial charge in [0.1, 0.15) is 0 Å². The molecule has 2 N–H and O–H groups in total. The molecule has 1 aliphatic rings. The first-order chi connectivity index (χ1) is 6.81. The average molecular weight is 231 g/mol. The second-order valence-electron chi connectivity index (χ2n) is 3.72. The van der Waals surface area contributed by atoms with Gasteiger partial charge in [-0.15, -0.1) is 11.3 Å². The highest BCUT2D eigenvalue weighted by Gasteiger charge is 2.23. The third-order valence-corrected chi connectivity index (χ3v) is 4.09. The molecule has 1 aromatic heterocycles. The average Bonchev–Trinajstić information content (AvgIpc) is 2.77. The van der Waals surface area contributed by atoms with E-state index in [0.717, 1.165) is 24.0 Å². The predicted octanol–water partition coefficient (Wildman–Crippen LogP) is 2.32. The summed E-state index contributed by atoms with van der Waals surface area (Å²) in [6.07, 6.45) is 2.50. The van der Waals surface area contributed by atoms with Gasteiger partial charge in [-0.1, -0.05) is 11.6 Å². The van der Waals surface area contributed by atoms with Crippen LogP contribution in [-0.4, -0.2) is 24.0 Å². The molecule has 0 aliphatic carbocycles. The number of nitrogens with two attached hydrogens (primary N) is 1. The van der Waals surface area contributed by atoms with Crippen LogP contribution in [0.4, 0.5) is 0 Å². The first-order valence-corrected chi connectivity index (χ1v) is 6.23. The zero-order valence-electron chi connectivity index (χ0n) is 8.08. The lowest BCUT2D eigenvalue weighted by Gasteiger charge is -2.22. The molecule has 1 atom stereocenters. The van der Waals surface area contributed by atoms with E-state index in [1.54, 1.807) is 11.3 Å². The van der Waals surface area contributed by atoms with Crippen LogP contribution < -0.4 is 5.73 Å². The van der Waals surface area contributed by atoms with Crippen LogP contribution in [0.25, 0.3) is 0 Å². The Labute approximate surface area is 93.7 Å². The molecule has 1 fully saturated rings. The molecule has 0 bridgehead atoms. The summed E-state index contributed by atoms with van der Waals surface area (Å²) >= 11 is 7.67. The van der Waals surface area contributed by atoms with E-state index in [2.05, 4.69) is 11.0 Å². The van der Waals surface area contributed by atoms with Gasteiger partial charge in [-0.2, -0.15) is 0 Å². The molecule has 0 saturated carbocycles. The van der Waals surface area contributed by atoms with Crippen molar-refractivity contribution in [3.8, 4) is 0 Å². The third-order valence-electron chi connectivity index (χ3n) is 2.84. The van der Waals surface area contributed by atoms with E-state index in [1.807, 2.05) is 5.38 Å². The fraction of sp³-hybridized carbons (Fsp3) is 0.600. The Hall–Kier alpha value is -0.0900. The van der Waals surface area contributed by atoms with Crippen molar-refractivity contribution in [3.05, 3.63) is 21.3 Å². The lowest BCUT2D eigenvalue weighted by molar-refractivity contribution is 0.250. The van der Waals surface area contributed by atoms with E-state index >= 15 is 0 Å². The molecular formula is C10H15ClN2S. The van der Waals surface area contributed by atoms with Gasteiger partial charge < -0.3 is 5.73 Å². The lowest BCUT2D eigenvalue weighted by atomic mass is 10.2. The zero-order valence-corrected chi connectivity index (χ0v) is 9.65. The maximum absolute atomic E-state index is 6.07. The van der Waals surface area contributed by atoms with E-state index in [4.69, 9.17) is 17.3 Å². The highest BCUT2D eigenvalue weighted by Crippen LogP contribution is 2.26. The minimum atomic E-state index is 0.561. The largest absolute Gasteiger partial charge is 0.329 e. The first-order valence-electron chi connectivity index (χ1n) is 4.97. The predicted molar refractivity (Wildman–Crippen MR) is 61.8 cm³/mol. The molecule has 1 aromatic rings. The maximum atomic E-state index is 6.07. The topological polar surface area (TPSA) is 29.3 Å². The number of thiophene rings is 1. The molecule has 2 rings (SSSR count). The quantitative estimate of drug-likeness (QED) is 0.864. The molecule has 1 saturated heterocycles. The number of hydrogen-bond donors (Lipinski definition) is 1. The molecule has 0 aromatic carbocycles. The SMILES string of the molecule is NCC1CCCN1Cc1ccsc1Cl. The summed E-state index contributed by atoms with van der Waals surface area (Å²) in [5.41, 5.74) is 6.97. The molecule has 0 amide bonds. The van der Waals surface area contributed by atoms with Gasteiger partial charge in [0.15, 0.2) is 0 Å². The van der Waals surface area contributed by atoms with Crippen molar-refractivity contribution in [2.45, 2.75) is 25.4 Å². The number of hydrogen-bond acceptors (Lipinski definition) is 3.